The van der Waals surface area contributed by atoms with Crippen molar-refractivity contribution in [3.05, 3.63) is 20.8 Å². The van der Waals surface area contributed by atoms with Gasteiger partial charge in [-0.2, -0.15) is 0 Å². The zero-order valence-corrected chi connectivity index (χ0v) is 10.9. The smallest absolute Gasteiger partial charge is 0.118 e. The normalized spacial score (nSPS) is 22.6. The predicted octanol–water partition coefficient (Wildman–Crippen LogP) is 3.24. The molecule has 0 saturated heterocycles. The quantitative estimate of drug-likeness (QED) is 0.878. The number of hydrogen-bond acceptors (Lipinski definition) is 3. The summed E-state index contributed by atoms with van der Waals surface area (Å²) < 4.78 is 0.902. The van der Waals surface area contributed by atoms with Gasteiger partial charge in [-0.25, -0.2) is 0 Å². The Bertz CT molecular complexity index is 331. The molecule has 0 aliphatic heterocycles. The zero-order chi connectivity index (χ0) is 10.9. The summed E-state index contributed by atoms with van der Waals surface area (Å²) in [5.41, 5.74) is -0.911. The van der Waals surface area contributed by atoms with E-state index < -0.39 is 11.7 Å². The minimum absolute atomic E-state index is 0.707. The summed E-state index contributed by atoms with van der Waals surface area (Å²) >= 11 is 4.89. The summed E-state index contributed by atoms with van der Waals surface area (Å²) in [6.07, 6.45) is 3.86. The van der Waals surface area contributed by atoms with Crippen LogP contribution >= 0.6 is 27.3 Å². The van der Waals surface area contributed by atoms with Crippen LogP contribution in [0.3, 0.4) is 0 Å². The Kier molecular flexibility index (Phi) is 3.50. The first-order valence-electron chi connectivity index (χ1n) is 5.27. The van der Waals surface area contributed by atoms with Crippen LogP contribution in [-0.4, -0.2) is 15.8 Å². The first kappa shape index (κ1) is 11.6. The van der Waals surface area contributed by atoms with Gasteiger partial charge in [0.05, 0.1) is 10.5 Å². The molecule has 1 fully saturated rings. The Hall–Kier alpha value is 0.1000. The highest BCUT2D eigenvalue weighted by molar-refractivity contribution is 9.10. The van der Waals surface area contributed by atoms with Crippen LogP contribution in [0, 0.1) is 0 Å². The molecule has 0 amide bonds. The van der Waals surface area contributed by atoms with Crippen molar-refractivity contribution >= 4 is 27.3 Å². The van der Waals surface area contributed by atoms with Crippen molar-refractivity contribution in [3.63, 3.8) is 0 Å². The molecule has 2 nitrogen and oxygen atoms in total. The van der Waals surface area contributed by atoms with E-state index >= 15 is 0 Å². The second-order valence-electron chi connectivity index (χ2n) is 4.20. The maximum atomic E-state index is 10.4. The van der Waals surface area contributed by atoms with Crippen molar-refractivity contribution in [2.75, 3.05) is 0 Å². The van der Waals surface area contributed by atoms with E-state index in [1.165, 1.54) is 17.8 Å². The van der Waals surface area contributed by atoms with Crippen LogP contribution in [0.15, 0.2) is 15.9 Å². The first-order chi connectivity index (χ1) is 7.13. The largest absolute Gasteiger partial charge is 0.387 e. The molecule has 0 spiro atoms. The highest BCUT2D eigenvalue weighted by atomic mass is 79.9. The van der Waals surface area contributed by atoms with E-state index in [0.717, 1.165) is 22.2 Å². The van der Waals surface area contributed by atoms with Gasteiger partial charge in [-0.3, -0.25) is 0 Å². The van der Waals surface area contributed by atoms with Crippen LogP contribution < -0.4 is 0 Å². The van der Waals surface area contributed by atoms with Gasteiger partial charge in [-0.1, -0.05) is 19.3 Å². The lowest BCUT2D eigenvalue weighted by Gasteiger charge is -2.36. The summed E-state index contributed by atoms with van der Waals surface area (Å²) in [6, 6.07) is 1.91. The fraction of sp³-hybridized carbons (Fsp3) is 0.636. The minimum Gasteiger partial charge on any atom is -0.387 e. The van der Waals surface area contributed by atoms with E-state index in [9.17, 15) is 10.2 Å². The standard InChI is InChI=1S/C11H15BrO2S/c12-8-4-7-15-9(8)10(13)11(14)5-2-1-3-6-11/h4,7,10,13-14H,1-3,5-6H2. The average Bonchev–Trinajstić information content (AvgIpc) is 2.64. The van der Waals surface area contributed by atoms with Gasteiger partial charge in [-0.05, 0) is 40.2 Å². The highest BCUT2D eigenvalue weighted by Gasteiger charge is 2.38. The number of thiophene rings is 1. The lowest BCUT2D eigenvalue weighted by atomic mass is 9.80. The third kappa shape index (κ3) is 2.28. The fourth-order valence-electron chi connectivity index (χ4n) is 2.18. The van der Waals surface area contributed by atoms with Crippen molar-refractivity contribution in [1.29, 1.82) is 0 Å². The van der Waals surface area contributed by atoms with E-state index in [0.29, 0.717) is 12.8 Å². The number of halogens is 1. The average molecular weight is 291 g/mol. The van der Waals surface area contributed by atoms with Crippen LogP contribution in [0.5, 0.6) is 0 Å². The van der Waals surface area contributed by atoms with Crippen molar-refractivity contribution in [2.45, 2.75) is 43.8 Å². The minimum atomic E-state index is -0.911. The Morgan fingerprint density at radius 1 is 1.33 bits per heavy atom. The molecule has 2 N–H and O–H groups in total. The van der Waals surface area contributed by atoms with Gasteiger partial charge in [-0.15, -0.1) is 11.3 Å². The monoisotopic (exact) mass is 290 g/mol. The Morgan fingerprint density at radius 3 is 2.53 bits per heavy atom. The molecule has 0 aromatic carbocycles. The van der Waals surface area contributed by atoms with Crippen LogP contribution in [0.25, 0.3) is 0 Å². The van der Waals surface area contributed by atoms with Crippen molar-refractivity contribution < 1.29 is 10.2 Å². The number of aliphatic hydroxyl groups is 2. The number of hydrogen-bond donors (Lipinski definition) is 2. The van der Waals surface area contributed by atoms with E-state index in [1.807, 2.05) is 11.4 Å². The van der Waals surface area contributed by atoms with Crippen LogP contribution in [-0.2, 0) is 0 Å². The molecule has 1 aliphatic carbocycles. The molecule has 1 saturated carbocycles. The van der Waals surface area contributed by atoms with Gasteiger partial charge < -0.3 is 10.2 Å². The van der Waals surface area contributed by atoms with Crippen LogP contribution in [0.2, 0.25) is 0 Å². The molecule has 0 radical (unpaired) electrons. The predicted molar refractivity (Wildman–Crippen MR) is 65.0 cm³/mol. The molecule has 1 aromatic heterocycles. The van der Waals surface area contributed by atoms with Crippen LogP contribution in [0.4, 0.5) is 0 Å². The second-order valence-corrected chi connectivity index (χ2v) is 6.00. The molecular formula is C11H15BrO2S. The van der Waals surface area contributed by atoms with Gasteiger partial charge in [0, 0.05) is 4.47 Å². The lowest BCUT2D eigenvalue weighted by Crippen LogP contribution is -2.38. The molecule has 0 bridgehead atoms. The summed E-state index contributed by atoms with van der Waals surface area (Å²) in [4.78, 5) is 0.847. The summed E-state index contributed by atoms with van der Waals surface area (Å²) in [5.74, 6) is 0. The Labute approximate surface area is 102 Å². The van der Waals surface area contributed by atoms with Gasteiger partial charge in [0.2, 0.25) is 0 Å². The first-order valence-corrected chi connectivity index (χ1v) is 6.94. The van der Waals surface area contributed by atoms with E-state index in [4.69, 9.17) is 0 Å². The van der Waals surface area contributed by atoms with Crippen molar-refractivity contribution in [1.82, 2.24) is 0 Å². The van der Waals surface area contributed by atoms with Gasteiger partial charge in [0.25, 0.3) is 0 Å². The van der Waals surface area contributed by atoms with E-state index in [1.54, 1.807) is 0 Å². The SMILES string of the molecule is OC(c1sccc1Br)C1(O)CCCCC1. The molecule has 1 aliphatic rings. The maximum Gasteiger partial charge on any atom is 0.118 e. The molecule has 1 unspecified atom stereocenters. The lowest BCUT2D eigenvalue weighted by molar-refractivity contribution is -0.0979. The molecule has 1 atom stereocenters. The second kappa shape index (κ2) is 4.53. The molecule has 4 heteroatoms. The summed E-state index contributed by atoms with van der Waals surface area (Å²) in [7, 11) is 0. The topological polar surface area (TPSA) is 40.5 Å². The van der Waals surface area contributed by atoms with Crippen molar-refractivity contribution in [3.8, 4) is 0 Å². The zero-order valence-electron chi connectivity index (χ0n) is 8.45. The van der Waals surface area contributed by atoms with Crippen LogP contribution in [0.1, 0.15) is 43.1 Å². The molecule has 2 rings (SSSR count). The highest BCUT2D eigenvalue weighted by Crippen LogP contribution is 2.42. The number of aliphatic hydroxyl groups excluding tert-OH is 1. The number of rotatable bonds is 2. The van der Waals surface area contributed by atoms with Gasteiger partial charge >= 0.3 is 0 Å². The fourth-order valence-corrected chi connectivity index (χ4v) is 3.87. The van der Waals surface area contributed by atoms with E-state index in [2.05, 4.69) is 15.9 Å². The van der Waals surface area contributed by atoms with Crippen molar-refractivity contribution in [2.24, 2.45) is 0 Å². The molecule has 84 valence electrons. The third-order valence-electron chi connectivity index (χ3n) is 3.12. The van der Waals surface area contributed by atoms with Gasteiger partial charge in [0.15, 0.2) is 0 Å². The summed E-state index contributed by atoms with van der Waals surface area (Å²) in [6.45, 7) is 0. The van der Waals surface area contributed by atoms with Gasteiger partial charge in [0.1, 0.15) is 6.10 Å². The Balaban J connectivity index is 2.19. The summed E-state index contributed by atoms with van der Waals surface area (Å²) in [5, 5.41) is 22.5. The molecular weight excluding hydrogens is 276 g/mol. The maximum absolute atomic E-state index is 10.4. The molecule has 1 heterocycles. The van der Waals surface area contributed by atoms with E-state index in [-0.39, 0.29) is 0 Å². The Morgan fingerprint density at radius 2 is 2.00 bits per heavy atom. The molecule has 15 heavy (non-hydrogen) atoms. The molecule has 1 aromatic rings. The third-order valence-corrected chi connectivity index (χ3v) is 5.04.